The summed E-state index contributed by atoms with van der Waals surface area (Å²) in [5, 5.41) is 11.4. The van der Waals surface area contributed by atoms with Crippen molar-refractivity contribution in [1.82, 2.24) is 19.9 Å². The summed E-state index contributed by atoms with van der Waals surface area (Å²) in [6.45, 7) is 7.59. The molecule has 0 aliphatic carbocycles. The molecule has 2 aromatic carbocycles. The zero-order chi connectivity index (χ0) is 20.5. The number of hydrogen-bond donors (Lipinski definition) is 1. The van der Waals surface area contributed by atoms with Crippen LogP contribution in [0.15, 0.2) is 53.2 Å². The maximum Gasteiger partial charge on any atom is 0.259 e. The topological polar surface area (TPSA) is 85.8 Å². The third kappa shape index (κ3) is 3.94. The van der Waals surface area contributed by atoms with Crippen molar-refractivity contribution in [3.8, 4) is 17.1 Å². The number of nitrogens with zero attached hydrogens (tertiary/aromatic N) is 4. The molecule has 7 heteroatoms. The number of aromatic nitrogens is 4. The van der Waals surface area contributed by atoms with Crippen molar-refractivity contribution in [2.24, 2.45) is 0 Å². The maximum atomic E-state index is 12.8. The zero-order valence-corrected chi connectivity index (χ0v) is 16.7. The lowest BCUT2D eigenvalue weighted by Crippen LogP contribution is -2.12. The van der Waals surface area contributed by atoms with Crippen LogP contribution in [0.25, 0.3) is 17.1 Å². The van der Waals surface area contributed by atoms with Crippen molar-refractivity contribution in [2.45, 2.75) is 27.7 Å². The summed E-state index contributed by atoms with van der Waals surface area (Å²) in [4.78, 5) is 17.0. The molecular weight excluding hydrogens is 366 g/mol. The number of carbonyl (C=O) groups is 1. The van der Waals surface area contributed by atoms with Gasteiger partial charge in [-0.3, -0.25) is 4.79 Å². The van der Waals surface area contributed by atoms with Gasteiger partial charge in [0.15, 0.2) is 0 Å². The van der Waals surface area contributed by atoms with Crippen LogP contribution in [0.2, 0.25) is 0 Å². The molecule has 7 nitrogen and oxygen atoms in total. The van der Waals surface area contributed by atoms with Gasteiger partial charge in [-0.15, -0.1) is 0 Å². The lowest BCUT2D eigenvalue weighted by Gasteiger charge is -2.07. The van der Waals surface area contributed by atoms with Crippen LogP contribution in [0.1, 0.15) is 33.1 Å². The van der Waals surface area contributed by atoms with Crippen LogP contribution < -0.4 is 5.32 Å². The van der Waals surface area contributed by atoms with E-state index in [-0.39, 0.29) is 5.91 Å². The molecule has 0 radical (unpaired) electrons. The second kappa shape index (κ2) is 7.35. The Morgan fingerprint density at radius 3 is 2.31 bits per heavy atom. The van der Waals surface area contributed by atoms with Gasteiger partial charge in [0, 0.05) is 24.4 Å². The molecule has 0 saturated carbocycles. The highest BCUT2D eigenvalue weighted by atomic mass is 16.5. The summed E-state index contributed by atoms with van der Waals surface area (Å²) in [5.41, 5.74) is 5.85. The largest absolute Gasteiger partial charge is 0.339 e. The van der Waals surface area contributed by atoms with Crippen molar-refractivity contribution >= 4 is 11.6 Å². The average molecular weight is 387 g/mol. The Morgan fingerprint density at radius 2 is 1.69 bits per heavy atom. The molecule has 2 aromatic heterocycles. The minimum atomic E-state index is -0.183. The summed E-state index contributed by atoms with van der Waals surface area (Å²) < 4.78 is 6.71. The third-order valence-corrected chi connectivity index (χ3v) is 4.54. The second-order valence-corrected chi connectivity index (χ2v) is 7.09. The standard InChI is InChI=1S/C22H21N5O2/c1-13-9-14(2)11-18(10-13)24-22(28)20-12-27(25-15(20)3)19-7-5-17(6-8-19)21-23-16(4)29-26-21/h5-12H,1-4H3,(H,24,28). The van der Waals surface area contributed by atoms with Crippen LogP contribution in [0.3, 0.4) is 0 Å². The van der Waals surface area contributed by atoms with Crippen LogP contribution in [0, 0.1) is 27.7 Å². The van der Waals surface area contributed by atoms with Crippen LogP contribution in [-0.4, -0.2) is 25.8 Å². The van der Waals surface area contributed by atoms with E-state index in [9.17, 15) is 4.79 Å². The van der Waals surface area contributed by atoms with Crippen molar-refractivity contribution in [1.29, 1.82) is 0 Å². The molecule has 1 N–H and O–H groups in total. The van der Waals surface area contributed by atoms with Gasteiger partial charge in [0.1, 0.15) is 0 Å². The molecule has 0 aliphatic heterocycles. The van der Waals surface area contributed by atoms with Crippen molar-refractivity contribution in [3.63, 3.8) is 0 Å². The molecule has 146 valence electrons. The first-order valence-electron chi connectivity index (χ1n) is 9.26. The SMILES string of the molecule is Cc1cc(C)cc(NC(=O)c2cn(-c3ccc(-c4noc(C)n4)cc3)nc2C)c1. The number of hydrogen-bond acceptors (Lipinski definition) is 5. The van der Waals surface area contributed by atoms with Crippen LogP contribution in [0.4, 0.5) is 5.69 Å². The first-order chi connectivity index (χ1) is 13.9. The van der Waals surface area contributed by atoms with Gasteiger partial charge in [0.05, 0.1) is 16.9 Å². The smallest absolute Gasteiger partial charge is 0.259 e. The number of anilines is 1. The van der Waals surface area contributed by atoms with Gasteiger partial charge in [0.2, 0.25) is 11.7 Å². The molecule has 0 atom stereocenters. The van der Waals surface area contributed by atoms with Crippen molar-refractivity contribution in [3.05, 3.63) is 76.9 Å². The van der Waals surface area contributed by atoms with E-state index in [2.05, 4.69) is 26.6 Å². The molecule has 0 unspecified atom stereocenters. The van der Waals surface area contributed by atoms with Gasteiger partial charge in [-0.2, -0.15) is 10.1 Å². The van der Waals surface area contributed by atoms with Gasteiger partial charge in [-0.25, -0.2) is 4.68 Å². The highest BCUT2D eigenvalue weighted by molar-refractivity contribution is 6.05. The van der Waals surface area contributed by atoms with E-state index in [0.717, 1.165) is 28.1 Å². The van der Waals surface area contributed by atoms with E-state index in [1.807, 2.05) is 57.2 Å². The van der Waals surface area contributed by atoms with E-state index in [1.165, 1.54) is 0 Å². The molecule has 0 saturated heterocycles. The molecule has 2 heterocycles. The van der Waals surface area contributed by atoms with E-state index < -0.39 is 0 Å². The normalized spacial score (nSPS) is 10.9. The van der Waals surface area contributed by atoms with Crippen molar-refractivity contribution < 1.29 is 9.32 Å². The zero-order valence-electron chi connectivity index (χ0n) is 16.7. The Kier molecular flexibility index (Phi) is 4.72. The molecule has 1 amide bonds. The van der Waals surface area contributed by atoms with Gasteiger partial charge in [0.25, 0.3) is 5.91 Å². The summed E-state index contributed by atoms with van der Waals surface area (Å²) in [7, 11) is 0. The highest BCUT2D eigenvalue weighted by Crippen LogP contribution is 2.20. The van der Waals surface area contributed by atoms with Crippen LogP contribution in [-0.2, 0) is 0 Å². The highest BCUT2D eigenvalue weighted by Gasteiger charge is 2.15. The first kappa shape index (κ1) is 18.6. The van der Waals surface area contributed by atoms with Gasteiger partial charge in [-0.1, -0.05) is 11.2 Å². The fraction of sp³-hybridized carbons (Fsp3) is 0.182. The predicted molar refractivity (Wildman–Crippen MR) is 110 cm³/mol. The average Bonchev–Trinajstić information content (AvgIpc) is 3.27. The van der Waals surface area contributed by atoms with E-state index >= 15 is 0 Å². The van der Waals surface area contributed by atoms with Gasteiger partial charge in [-0.05, 0) is 68.3 Å². The molecule has 29 heavy (non-hydrogen) atoms. The minimum absolute atomic E-state index is 0.183. The summed E-state index contributed by atoms with van der Waals surface area (Å²) in [6.07, 6.45) is 1.74. The molecule has 0 aliphatic rings. The number of rotatable bonds is 4. The summed E-state index contributed by atoms with van der Waals surface area (Å²) in [5.74, 6) is 0.878. The molecule has 0 spiro atoms. The van der Waals surface area contributed by atoms with Crippen LogP contribution in [0.5, 0.6) is 0 Å². The molecular formula is C22H21N5O2. The lowest BCUT2D eigenvalue weighted by molar-refractivity contribution is 0.102. The first-order valence-corrected chi connectivity index (χ1v) is 9.26. The summed E-state index contributed by atoms with van der Waals surface area (Å²) in [6, 6.07) is 13.6. The number of carbonyl (C=O) groups excluding carboxylic acids is 1. The number of aryl methyl sites for hydroxylation is 4. The second-order valence-electron chi connectivity index (χ2n) is 7.09. The fourth-order valence-electron chi connectivity index (χ4n) is 3.24. The molecule has 0 fully saturated rings. The van der Waals surface area contributed by atoms with E-state index in [1.54, 1.807) is 17.8 Å². The Hall–Kier alpha value is -3.74. The Labute approximate surface area is 168 Å². The fourth-order valence-corrected chi connectivity index (χ4v) is 3.24. The maximum absolute atomic E-state index is 12.8. The van der Waals surface area contributed by atoms with E-state index in [4.69, 9.17) is 4.52 Å². The Morgan fingerprint density at radius 1 is 1.00 bits per heavy atom. The van der Waals surface area contributed by atoms with Crippen LogP contribution >= 0.6 is 0 Å². The van der Waals surface area contributed by atoms with Gasteiger partial charge < -0.3 is 9.84 Å². The number of nitrogens with one attached hydrogen (secondary N) is 1. The number of amides is 1. The Balaban J connectivity index is 1.56. The number of benzene rings is 2. The van der Waals surface area contributed by atoms with Gasteiger partial charge >= 0.3 is 0 Å². The molecule has 4 rings (SSSR count). The Bertz CT molecular complexity index is 1170. The molecule has 4 aromatic rings. The van der Waals surface area contributed by atoms with Crippen molar-refractivity contribution in [2.75, 3.05) is 5.32 Å². The quantitative estimate of drug-likeness (QED) is 0.561. The minimum Gasteiger partial charge on any atom is -0.339 e. The third-order valence-electron chi connectivity index (χ3n) is 4.54. The lowest BCUT2D eigenvalue weighted by atomic mass is 10.1. The predicted octanol–water partition coefficient (Wildman–Crippen LogP) is 4.41. The summed E-state index contributed by atoms with van der Waals surface area (Å²) >= 11 is 0. The van der Waals surface area contributed by atoms with E-state index in [0.29, 0.717) is 23.0 Å². The molecule has 0 bridgehead atoms. The monoisotopic (exact) mass is 387 g/mol.